The molecule has 0 saturated heterocycles. The molecular formula is C32H25F2N5O5. The van der Waals surface area contributed by atoms with Crippen LogP contribution in [0.2, 0.25) is 0 Å². The van der Waals surface area contributed by atoms with E-state index in [0.717, 1.165) is 17.8 Å². The zero-order chi connectivity index (χ0) is 31.2. The van der Waals surface area contributed by atoms with Gasteiger partial charge in [-0.25, -0.2) is 13.8 Å². The maximum atomic E-state index is 15.3. The van der Waals surface area contributed by atoms with Crippen molar-refractivity contribution >= 4 is 23.6 Å². The lowest BCUT2D eigenvalue weighted by Crippen LogP contribution is -2.29. The minimum Gasteiger partial charge on any atom is -0.496 e. The number of ether oxygens (including phenoxy) is 3. The average molecular weight is 598 g/mol. The first-order valence-electron chi connectivity index (χ1n) is 13.1. The Bertz CT molecular complexity index is 1930. The van der Waals surface area contributed by atoms with Crippen molar-refractivity contribution in [3.05, 3.63) is 125 Å². The number of methoxy groups -OCH3 is 2. The molecule has 0 radical (unpaired) electrons. The van der Waals surface area contributed by atoms with E-state index in [2.05, 4.69) is 15.3 Å². The van der Waals surface area contributed by atoms with Crippen molar-refractivity contribution in [2.45, 2.75) is 0 Å². The molecule has 3 heterocycles. The number of nitrogens with zero attached hydrogens (tertiary/aromatic N) is 2. The molecule has 3 aromatic heterocycles. The molecule has 3 N–H and O–H groups in total. The molecule has 0 bridgehead atoms. The highest BCUT2D eigenvalue weighted by atomic mass is 19.1. The number of rotatable bonds is 10. The summed E-state index contributed by atoms with van der Waals surface area (Å²) in [5, 5.41) is 10.1. The molecular weight excluding hydrogens is 572 g/mol. The van der Waals surface area contributed by atoms with Crippen LogP contribution in [0.1, 0.15) is 16.1 Å². The Hall–Kier alpha value is -6.04. The van der Waals surface area contributed by atoms with E-state index in [0.29, 0.717) is 22.8 Å². The summed E-state index contributed by atoms with van der Waals surface area (Å²) in [6.07, 6.45) is 7.02. The summed E-state index contributed by atoms with van der Waals surface area (Å²) in [4.78, 5) is 33.6. The second-order valence-electron chi connectivity index (χ2n) is 9.16. The van der Waals surface area contributed by atoms with E-state index in [9.17, 15) is 14.0 Å². The van der Waals surface area contributed by atoms with Crippen molar-refractivity contribution in [1.82, 2.24) is 14.5 Å². The number of aromatic amines is 1. The van der Waals surface area contributed by atoms with Gasteiger partial charge in [-0.2, -0.15) is 0 Å². The minimum absolute atomic E-state index is 0.00118. The first kappa shape index (κ1) is 29.5. The van der Waals surface area contributed by atoms with Gasteiger partial charge in [0.15, 0.2) is 17.3 Å². The van der Waals surface area contributed by atoms with Crippen LogP contribution in [-0.4, -0.2) is 40.9 Å². The van der Waals surface area contributed by atoms with Crippen molar-refractivity contribution in [2.24, 2.45) is 0 Å². The van der Waals surface area contributed by atoms with Crippen LogP contribution in [0.4, 0.5) is 14.5 Å². The third kappa shape index (κ3) is 6.09. The summed E-state index contributed by atoms with van der Waals surface area (Å²) in [5.41, 5.74) is 1.26. The van der Waals surface area contributed by atoms with Gasteiger partial charge in [0.05, 0.1) is 19.9 Å². The van der Waals surface area contributed by atoms with E-state index < -0.39 is 23.1 Å². The third-order valence-corrected chi connectivity index (χ3v) is 6.50. The summed E-state index contributed by atoms with van der Waals surface area (Å²) in [6.45, 7) is 0. The number of nitrogens with one attached hydrogen (secondary N) is 3. The Labute approximate surface area is 249 Å². The molecule has 0 atom stereocenters. The molecule has 12 heteroatoms. The summed E-state index contributed by atoms with van der Waals surface area (Å²) >= 11 is 0. The second kappa shape index (κ2) is 12.9. The van der Waals surface area contributed by atoms with Crippen LogP contribution in [0.5, 0.6) is 17.4 Å². The Morgan fingerprint density at radius 1 is 1.00 bits per heavy atom. The molecule has 0 aliphatic carbocycles. The first-order valence-corrected chi connectivity index (χ1v) is 13.1. The highest BCUT2D eigenvalue weighted by Gasteiger charge is 2.21. The fourth-order valence-corrected chi connectivity index (χ4v) is 4.42. The number of amides is 1. The normalized spacial score (nSPS) is 11.1. The molecule has 0 aliphatic heterocycles. The van der Waals surface area contributed by atoms with E-state index in [1.54, 1.807) is 30.6 Å². The van der Waals surface area contributed by atoms with Gasteiger partial charge in [0, 0.05) is 60.0 Å². The average Bonchev–Trinajstić information content (AvgIpc) is 3.52. The number of benzene rings is 2. The molecule has 5 aromatic rings. The molecule has 0 fully saturated rings. The summed E-state index contributed by atoms with van der Waals surface area (Å²) in [6, 6.07) is 15.6. The lowest BCUT2D eigenvalue weighted by atomic mass is 10.1. The second-order valence-corrected chi connectivity index (χ2v) is 9.16. The Morgan fingerprint density at radius 2 is 1.80 bits per heavy atom. The fourth-order valence-electron chi connectivity index (χ4n) is 4.42. The first-order chi connectivity index (χ1) is 21.3. The highest BCUT2D eigenvalue weighted by Crippen LogP contribution is 2.32. The van der Waals surface area contributed by atoms with Crippen LogP contribution in [-0.2, 0) is 0 Å². The van der Waals surface area contributed by atoms with E-state index in [4.69, 9.17) is 19.6 Å². The van der Waals surface area contributed by atoms with Gasteiger partial charge < -0.3 is 29.9 Å². The molecule has 0 saturated carbocycles. The van der Waals surface area contributed by atoms with Crippen LogP contribution >= 0.6 is 0 Å². The number of pyridine rings is 2. The molecule has 10 nitrogen and oxygen atoms in total. The van der Waals surface area contributed by atoms with Crippen molar-refractivity contribution in [3.63, 3.8) is 0 Å². The summed E-state index contributed by atoms with van der Waals surface area (Å²) < 4.78 is 46.2. The lowest BCUT2D eigenvalue weighted by Gasteiger charge is -2.14. The van der Waals surface area contributed by atoms with Gasteiger partial charge in [0.2, 0.25) is 5.88 Å². The number of allylic oxidation sites excluding steroid dienone is 1. The predicted molar refractivity (Wildman–Crippen MR) is 161 cm³/mol. The topological polar surface area (TPSA) is 131 Å². The SMILES string of the molecule is COc1cc(-c2cc[nH]c2/C(=C\C=N)Oc2ccc(NC(=O)c3c(OC)ccn(-c4ccc(F)cc4)c3=O)cc2F)ccn1. The van der Waals surface area contributed by atoms with E-state index in [-0.39, 0.29) is 28.5 Å². The molecule has 222 valence electrons. The Morgan fingerprint density at radius 3 is 2.50 bits per heavy atom. The third-order valence-electron chi connectivity index (χ3n) is 6.50. The van der Waals surface area contributed by atoms with Gasteiger partial charge >= 0.3 is 0 Å². The van der Waals surface area contributed by atoms with Gasteiger partial charge in [-0.3, -0.25) is 14.2 Å². The van der Waals surface area contributed by atoms with Crippen LogP contribution in [0.15, 0.2) is 96.2 Å². The Balaban J connectivity index is 1.40. The van der Waals surface area contributed by atoms with Gasteiger partial charge in [-0.15, -0.1) is 0 Å². The van der Waals surface area contributed by atoms with E-state index in [1.165, 1.54) is 73.5 Å². The molecule has 0 spiro atoms. The van der Waals surface area contributed by atoms with Crippen molar-refractivity contribution < 1.29 is 27.8 Å². The lowest BCUT2D eigenvalue weighted by molar-refractivity contribution is 0.102. The van der Waals surface area contributed by atoms with Crippen LogP contribution in [0, 0.1) is 17.0 Å². The van der Waals surface area contributed by atoms with Crippen molar-refractivity contribution in [2.75, 3.05) is 19.5 Å². The minimum atomic E-state index is -0.843. The zero-order valence-corrected chi connectivity index (χ0v) is 23.4. The van der Waals surface area contributed by atoms with Gasteiger partial charge in [0.25, 0.3) is 11.5 Å². The fraction of sp³-hybridized carbons (Fsp3) is 0.0625. The molecule has 2 aromatic carbocycles. The number of carbonyl (C=O) groups excluding carboxylic acids is 1. The molecule has 5 rings (SSSR count). The van der Waals surface area contributed by atoms with Crippen molar-refractivity contribution in [3.8, 4) is 34.2 Å². The molecule has 0 aliphatic rings. The van der Waals surface area contributed by atoms with Crippen molar-refractivity contribution in [1.29, 1.82) is 5.41 Å². The number of H-pyrrole nitrogens is 1. The largest absolute Gasteiger partial charge is 0.496 e. The smallest absolute Gasteiger partial charge is 0.271 e. The van der Waals surface area contributed by atoms with Crippen LogP contribution < -0.4 is 25.1 Å². The zero-order valence-electron chi connectivity index (χ0n) is 23.4. The molecule has 0 unspecified atom stereocenters. The van der Waals surface area contributed by atoms with Gasteiger partial charge in [0.1, 0.15) is 17.1 Å². The van der Waals surface area contributed by atoms with Crippen LogP contribution in [0.25, 0.3) is 22.6 Å². The number of hydrogen-bond acceptors (Lipinski definition) is 7. The quantitative estimate of drug-likeness (QED) is 0.137. The predicted octanol–water partition coefficient (Wildman–Crippen LogP) is 5.84. The Kier molecular flexibility index (Phi) is 8.61. The maximum absolute atomic E-state index is 15.3. The van der Waals surface area contributed by atoms with Crippen LogP contribution in [0.3, 0.4) is 0 Å². The van der Waals surface area contributed by atoms with Gasteiger partial charge in [-0.1, -0.05) is 0 Å². The van der Waals surface area contributed by atoms with E-state index in [1.807, 2.05) is 0 Å². The summed E-state index contributed by atoms with van der Waals surface area (Å²) in [5.74, 6) is -1.76. The highest BCUT2D eigenvalue weighted by molar-refractivity contribution is 6.06. The number of carbonyl (C=O) groups is 1. The van der Waals surface area contributed by atoms with Gasteiger partial charge in [-0.05, 0) is 60.2 Å². The number of aromatic nitrogens is 3. The molecule has 44 heavy (non-hydrogen) atoms. The summed E-state index contributed by atoms with van der Waals surface area (Å²) in [7, 11) is 2.81. The number of anilines is 1. The maximum Gasteiger partial charge on any atom is 0.271 e. The number of halogens is 2. The monoisotopic (exact) mass is 597 g/mol. The number of hydrogen-bond donors (Lipinski definition) is 3. The van der Waals surface area contributed by atoms with E-state index >= 15 is 4.39 Å². The molecule has 1 amide bonds. The standard InChI is InChI=1S/C32H25F2N5O5/c1-42-26-12-16-39(22-6-3-20(33)4-7-22)32(41)29(26)31(40)38-21-5-8-25(24(34)18-21)44-27(9-13-35)30-23(11-15-37-30)19-10-14-36-28(17-19)43-2/h3-18,35,37H,1-2H3,(H,38,40)/b27-9+,35-13?.